The number of hydrogen-bond acceptors (Lipinski definition) is 6. The van der Waals surface area contributed by atoms with Gasteiger partial charge in [0.2, 0.25) is 0 Å². The lowest BCUT2D eigenvalue weighted by atomic mass is 10.1. The second-order valence-electron chi connectivity index (χ2n) is 6.17. The number of aryl methyl sites for hydroxylation is 1. The number of nitrogens with one attached hydrogen (secondary N) is 2. The Kier molecular flexibility index (Phi) is 6.06. The number of carbonyl (C=O) groups is 1. The quantitative estimate of drug-likeness (QED) is 0.653. The third-order valence-electron chi connectivity index (χ3n) is 4.14. The SMILES string of the molecule is COc1ccc(CNc2ccc(NC(=O)c3ccc(C)cc3)nn2)cc1OC. The maximum absolute atomic E-state index is 12.2. The number of anilines is 2. The average Bonchev–Trinajstić information content (AvgIpc) is 2.73. The molecular weight excluding hydrogens is 356 g/mol. The van der Waals surface area contributed by atoms with E-state index in [-0.39, 0.29) is 5.91 Å². The smallest absolute Gasteiger partial charge is 0.256 e. The Morgan fingerprint density at radius 2 is 1.57 bits per heavy atom. The molecule has 0 aliphatic heterocycles. The molecule has 0 fully saturated rings. The van der Waals surface area contributed by atoms with Crippen molar-refractivity contribution in [2.45, 2.75) is 13.5 Å². The Morgan fingerprint density at radius 3 is 2.21 bits per heavy atom. The number of rotatable bonds is 7. The zero-order valence-electron chi connectivity index (χ0n) is 16.0. The van der Waals surface area contributed by atoms with E-state index in [0.717, 1.165) is 11.1 Å². The van der Waals surface area contributed by atoms with Crippen LogP contribution in [0.5, 0.6) is 11.5 Å². The summed E-state index contributed by atoms with van der Waals surface area (Å²) in [6.45, 7) is 2.52. The van der Waals surface area contributed by atoms with Crippen molar-refractivity contribution >= 4 is 17.5 Å². The molecule has 0 saturated carbocycles. The van der Waals surface area contributed by atoms with Crippen molar-refractivity contribution < 1.29 is 14.3 Å². The fraction of sp³-hybridized carbons (Fsp3) is 0.190. The Labute approximate surface area is 163 Å². The number of methoxy groups -OCH3 is 2. The summed E-state index contributed by atoms with van der Waals surface area (Å²) in [6, 6.07) is 16.5. The molecule has 0 aliphatic carbocycles. The first-order chi connectivity index (χ1) is 13.6. The van der Waals surface area contributed by atoms with Crippen LogP contribution in [0.1, 0.15) is 21.5 Å². The first kappa shape index (κ1) is 19.2. The summed E-state index contributed by atoms with van der Waals surface area (Å²) in [6.07, 6.45) is 0. The van der Waals surface area contributed by atoms with Crippen LogP contribution >= 0.6 is 0 Å². The minimum absolute atomic E-state index is 0.222. The number of ether oxygens (including phenoxy) is 2. The minimum Gasteiger partial charge on any atom is -0.493 e. The first-order valence-electron chi connectivity index (χ1n) is 8.75. The molecule has 0 bridgehead atoms. The molecule has 7 nitrogen and oxygen atoms in total. The summed E-state index contributed by atoms with van der Waals surface area (Å²) in [7, 11) is 3.20. The number of benzene rings is 2. The van der Waals surface area contributed by atoms with E-state index < -0.39 is 0 Å². The Bertz CT molecular complexity index is 941. The highest BCUT2D eigenvalue weighted by Gasteiger charge is 2.08. The number of amides is 1. The van der Waals surface area contributed by atoms with Crippen molar-refractivity contribution in [2.24, 2.45) is 0 Å². The van der Waals surface area contributed by atoms with Crippen LogP contribution in [0.2, 0.25) is 0 Å². The summed E-state index contributed by atoms with van der Waals surface area (Å²) < 4.78 is 10.5. The van der Waals surface area contributed by atoms with E-state index >= 15 is 0 Å². The van der Waals surface area contributed by atoms with Crippen LogP contribution in [-0.2, 0) is 6.54 Å². The highest BCUT2D eigenvalue weighted by molar-refractivity contribution is 6.03. The van der Waals surface area contributed by atoms with Crippen LogP contribution in [-0.4, -0.2) is 30.3 Å². The maximum Gasteiger partial charge on any atom is 0.256 e. The van der Waals surface area contributed by atoms with Crippen LogP contribution in [0.4, 0.5) is 11.6 Å². The third-order valence-corrected chi connectivity index (χ3v) is 4.14. The van der Waals surface area contributed by atoms with E-state index in [1.165, 1.54) is 0 Å². The lowest BCUT2D eigenvalue weighted by Gasteiger charge is -2.10. The molecule has 144 valence electrons. The maximum atomic E-state index is 12.2. The highest BCUT2D eigenvalue weighted by atomic mass is 16.5. The zero-order valence-corrected chi connectivity index (χ0v) is 16.0. The van der Waals surface area contributed by atoms with E-state index in [4.69, 9.17) is 9.47 Å². The van der Waals surface area contributed by atoms with Gasteiger partial charge in [-0.3, -0.25) is 4.79 Å². The number of aromatic nitrogens is 2. The lowest BCUT2D eigenvalue weighted by Crippen LogP contribution is -2.13. The summed E-state index contributed by atoms with van der Waals surface area (Å²) in [5.41, 5.74) is 2.68. The molecule has 3 rings (SSSR count). The van der Waals surface area contributed by atoms with Gasteiger partial charge in [0.05, 0.1) is 14.2 Å². The average molecular weight is 378 g/mol. The van der Waals surface area contributed by atoms with Crippen molar-refractivity contribution in [3.63, 3.8) is 0 Å². The molecule has 2 N–H and O–H groups in total. The van der Waals surface area contributed by atoms with Gasteiger partial charge in [-0.05, 0) is 48.9 Å². The molecular formula is C21H22N4O3. The van der Waals surface area contributed by atoms with E-state index in [0.29, 0.717) is 35.2 Å². The van der Waals surface area contributed by atoms with Crippen molar-refractivity contribution in [1.29, 1.82) is 0 Å². The first-order valence-corrected chi connectivity index (χ1v) is 8.75. The van der Waals surface area contributed by atoms with Gasteiger partial charge < -0.3 is 20.1 Å². The third kappa shape index (κ3) is 4.76. The fourth-order valence-electron chi connectivity index (χ4n) is 2.57. The normalized spacial score (nSPS) is 10.2. The van der Waals surface area contributed by atoms with Gasteiger partial charge in [-0.15, -0.1) is 10.2 Å². The fourth-order valence-corrected chi connectivity index (χ4v) is 2.57. The summed E-state index contributed by atoms with van der Waals surface area (Å²) >= 11 is 0. The topological polar surface area (TPSA) is 85.4 Å². The van der Waals surface area contributed by atoms with Crippen molar-refractivity contribution in [1.82, 2.24) is 10.2 Å². The van der Waals surface area contributed by atoms with Crippen LogP contribution in [0.15, 0.2) is 54.6 Å². The molecule has 0 radical (unpaired) electrons. The van der Waals surface area contributed by atoms with Crippen molar-refractivity contribution in [3.05, 3.63) is 71.3 Å². The Balaban J connectivity index is 1.58. The summed E-state index contributed by atoms with van der Waals surface area (Å²) in [5, 5.41) is 14.1. The molecule has 0 unspecified atom stereocenters. The van der Waals surface area contributed by atoms with Gasteiger partial charge in [-0.2, -0.15) is 0 Å². The van der Waals surface area contributed by atoms with E-state index in [1.54, 1.807) is 38.5 Å². The van der Waals surface area contributed by atoms with Crippen LogP contribution in [0.25, 0.3) is 0 Å². The van der Waals surface area contributed by atoms with Gasteiger partial charge in [0.1, 0.15) is 5.82 Å². The number of nitrogens with zero attached hydrogens (tertiary/aromatic N) is 2. The molecule has 1 aromatic heterocycles. The minimum atomic E-state index is -0.222. The van der Waals surface area contributed by atoms with Gasteiger partial charge in [0.25, 0.3) is 5.91 Å². The van der Waals surface area contributed by atoms with Gasteiger partial charge in [-0.1, -0.05) is 23.8 Å². The van der Waals surface area contributed by atoms with E-state index in [1.807, 2.05) is 37.3 Å². The predicted molar refractivity (Wildman–Crippen MR) is 108 cm³/mol. The Morgan fingerprint density at radius 1 is 0.893 bits per heavy atom. The van der Waals surface area contributed by atoms with Crippen LogP contribution in [0, 0.1) is 6.92 Å². The molecule has 0 atom stereocenters. The molecule has 3 aromatic rings. The predicted octanol–water partition coefficient (Wildman–Crippen LogP) is 3.67. The van der Waals surface area contributed by atoms with Gasteiger partial charge in [-0.25, -0.2) is 0 Å². The molecule has 1 heterocycles. The summed E-state index contributed by atoms with van der Waals surface area (Å²) in [5.74, 6) is 2.12. The van der Waals surface area contributed by atoms with Crippen molar-refractivity contribution in [2.75, 3.05) is 24.9 Å². The van der Waals surface area contributed by atoms with Gasteiger partial charge in [0.15, 0.2) is 17.3 Å². The second-order valence-corrected chi connectivity index (χ2v) is 6.17. The molecule has 2 aromatic carbocycles. The van der Waals surface area contributed by atoms with Crippen molar-refractivity contribution in [3.8, 4) is 11.5 Å². The molecule has 0 saturated heterocycles. The molecule has 0 spiro atoms. The number of carbonyl (C=O) groups excluding carboxylic acids is 1. The Hall–Kier alpha value is -3.61. The highest BCUT2D eigenvalue weighted by Crippen LogP contribution is 2.27. The molecule has 0 aliphatic rings. The number of hydrogen-bond donors (Lipinski definition) is 2. The monoisotopic (exact) mass is 378 g/mol. The second kappa shape index (κ2) is 8.85. The van der Waals surface area contributed by atoms with E-state index in [2.05, 4.69) is 20.8 Å². The largest absolute Gasteiger partial charge is 0.493 e. The van der Waals surface area contributed by atoms with Gasteiger partial charge >= 0.3 is 0 Å². The lowest BCUT2D eigenvalue weighted by molar-refractivity contribution is 0.102. The molecule has 1 amide bonds. The molecule has 28 heavy (non-hydrogen) atoms. The molecule has 7 heteroatoms. The van der Waals surface area contributed by atoms with Crippen LogP contribution in [0.3, 0.4) is 0 Å². The zero-order chi connectivity index (χ0) is 19.9. The van der Waals surface area contributed by atoms with E-state index in [9.17, 15) is 4.79 Å². The van der Waals surface area contributed by atoms with Crippen LogP contribution < -0.4 is 20.1 Å². The van der Waals surface area contributed by atoms with Gasteiger partial charge in [0, 0.05) is 12.1 Å². The standard InChI is InChI=1S/C21H22N4O3/c1-14-4-7-16(8-5-14)21(26)23-20-11-10-19(24-25-20)22-13-15-6-9-17(27-2)18(12-15)28-3/h4-12H,13H2,1-3H3,(H,22,24)(H,23,25,26). The summed E-state index contributed by atoms with van der Waals surface area (Å²) in [4.78, 5) is 12.2.